The molecule has 0 aliphatic rings. The molecule has 0 saturated heterocycles. The molecule has 0 aliphatic carbocycles. The Balaban J connectivity index is 3.16. The molecule has 4 heteroatoms. The van der Waals surface area contributed by atoms with Gasteiger partial charge in [0.2, 0.25) is 10.0 Å². The molecule has 0 aromatic carbocycles. The van der Waals surface area contributed by atoms with Gasteiger partial charge >= 0.3 is 0 Å². The second kappa shape index (κ2) is 5.55. The fourth-order valence-electron chi connectivity index (χ4n) is 0.786. The highest BCUT2D eigenvalue weighted by Crippen LogP contribution is 2.01. The largest absolute Gasteiger partial charge is 0.229 e. The molecule has 2 N–H and O–H groups in total. The smallest absolute Gasteiger partial charge is 0.209 e. The number of primary sulfonamides is 1. The minimum absolute atomic E-state index is 0.0106. The molecular formula is C7H16NO2S. The standard InChI is InChI=1S/C7H16NO2S/c1-2-3-4-5-6-7-11(8,9)10/h6H,2-5,7H2,1H3,(H2,8,9,10). The Kier molecular flexibility index (Phi) is 5.50. The number of rotatable bonds is 6. The predicted octanol–water partition coefficient (Wildman–Crippen LogP) is 1.06. The lowest BCUT2D eigenvalue weighted by Crippen LogP contribution is -2.16. The molecule has 0 unspecified atom stereocenters. The zero-order valence-corrected chi connectivity index (χ0v) is 7.73. The van der Waals surface area contributed by atoms with E-state index in [2.05, 4.69) is 6.92 Å². The number of unbranched alkanes of at least 4 members (excludes halogenated alkanes) is 4. The molecule has 1 radical (unpaired) electrons. The molecule has 0 bridgehead atoms. The molecule has 0 saturated carbocycles. The zero-order valence-electron chi connectivity index (χ0n) is 6.91. The summed E-state index contributed by atoms with van der Waals surface area (Å²) in [5, 5.41) is 4.79. The number of sulfonamides is 1. The molecule has 0 heterocycles. The summed E-state index contributed by atoms with van der Waals surface area (Å²) in [7, 11) is -3.27. The van der Waals surface area contributed by atoms with Crippen LogP contribution in [0.2, 0.25) is 0 Å². The van der Waals surface area contributed by atoms with Crippen molar-refractivity contribution < 1.29 is 8.42 Å². The Hall–Kier alpha value is -0.0900. The van der Waals surface area contributed by atoms with E-state index in [9.17, 15) is 8.42 Å². The van der Waals surface area contributed by atoms with Gasteiger partial charge in [0.05, 0.1) is 5.75 Å². The maximum absolute atomic E-state index is 10.4. The van der Waals surface area contributed by atoms with Crippen molar-refractivity contribution >= 4 is 10.0 Å². The second-order valence-electron chi connectivity index (χ2n) is 2.61. The van der Waals surface area contributed by atoms with Crippen molar-refractivity contribution in [2.75, 3.05) is 5.75 Å². The van der Waals surface area contributed by atoms with Crippen LogP contribution < -0.4 is 5.14 Å². The second-order valence-corrected chi connectivity index (χ2v) is 4.27. The first-order valence-corrected chi connectivity index (χ1v) is 5.60. The van der Waals surface area contributed by atoms with Gasteiger partial charge in [-0.15, -0.1) is 0 Å². The molecule has 0 amide bonds. The van der Waals surface area contributed by atoms with E-state index >= 15 is 0 Å². The van der Waals surface area contributed by atoms with E-state index in [1.807, 2.05) is 0 Å². The van der Waals surface area contributed by atoms with E-state index in [1.54, 1.807) is 6.42 Å². The minimum atomic E-state index is -3.27. The molecule has 11 heavy (non-hydrogen) atoms. The van der Waals surface area contributed by atoms with Crippen LogP contribution in [-0.4, -0.2) is 14.2 Å². The van der Waals surface area contributed by atoms with E-state index in [0.717, 1.165) is 25.7 Å². The van der Waals surface area contributed by atoms with Crippen molar-refractivity contribution in [3.63, 3.8) is 0 Å². The highest BCUT2D eigenvalue weighted by atomic mass is 32.2. The van der Waals surface area contributed by atoms with E-state index in [0.29, 0.717) is 0 Å². The van der Waals surface area contributed by atoms with E-state index in [1.165, 1.54) is 0 Å². The monoisotopic (exact) mass is 178 g/mol. The van der Waals surface area contributed by atoms with Gasteiger partial charge in [0.1, 0.15) is 0 Å². The summed E-state index contributed by atoms with van der Waals surface area (Å²) in [6, 6.07) is 0. The fraction of sp³-hybridized carbons (Fsp3) is 0.857. The molecular weight excluding hydrogens is 162 g/mol. The van der Waals surface area contributed by atoms with Crippen LogP contribution in [0.15, 0.2) is 0 Å². The lowest BCUT2D eigenvalue weighted by molar-refractivity contribution is 0.598. The highest BCUT2D eigenvalue weighted by molar-refractivity contribution is 7.89. The molecule has 0 aliphatic heterocycles. The molecule has 0 fully saturated rings. The summed E-state index contributed by atoms with van der Waals surface area (Å²) in [6.07, 6.45) is 5.95. The van der Waals surface area contributed by atoms with Gasteiger partial charge in [-0.25, -0.2) is 13.6 Å². The summed E-state index contributed by atoms with van der Waals surface area (Å²) in [5.41, 5.74) is 0. The minimum Gasteiger partial charge on any atom is -0.229 e. The summed E-state index contributed by atoms with van der Waals surface area (Å²) >= 11 is 0. The van der Waals surface area contributed by atoms with Crippen LogP contribution in [-0.2, 0) is 10.0 Å². The summed E-state index contributed by atoms with van der Waals surface area (Å²) in [6.45, 7) is 2.11. The fourth-order valence-corrected chi connectivity index (χ4v) is 1.28. The van der Waals surface area contributed by atoms with E-state index in [4.69, 9.17) is 5.14 Å². The maximum atomic E-state index is 10.4. The van der Waals surface area contributed by atoms with Gasteiger partial charge in [0.15, 0.2) is 0 Å². The molecule has 0 aromatic rings. The van der Waals surface area contributed by atoms with Crippen molar-refractivity contribution in [3.05, 3.63) is 6.42 Å². The van der Waals surface area contributed by atoms with Gasteiger partial charge < -0.3 is 0 Å². The van der Waals surface area contributed by atoms with Gasteiger partial charge in [0.25, 0.3) is 0 Å². The Morgan fingerprint density at radius 2 is 2.00 bits per heavy atom. The van der Waals surface area contributed by atoms with Crippen molar-refractivity contribution in [1.29, 1.82) is 0 Å². The van der Waals surface area contributed by atoms with Crippen LogP contribution in [0.1, 0.15) is 32.6 Å². The molecule has 3 nitrogen and oxygen atoms in total. The van der Waals surface area contributed by atoms with Crippen molar-refractivity contribution in [2.24, 2.45) is 5.14 Å². The molecule has 0 aromatic heterocycles. The first kappa shape index (κ1) is 10.9. The van der Waals surface area contributed by atoms with Gasteiger partial charge in [-0.05, 0) is 12.8 Å². The normalized spacial score (nSPS) is 11.8. The average molecular weight is 178 g/mol. The van der Waals surface area contributed by atoms with E-state index in [-0.39, 0.29) is 5.75 Å². The van der Waals surface area contributed by atoms with Gasteiger partial charge in [-0.1, -0.05) is 26.2 Å². The quantitative estimate of drug-likeness (QED) is 0.618. The van der Waals surface area contributed by atoms with E-state index < -0.39 is 10.0 Å². The molecule has 0 rings (SSSR count). The third kappa shape index (κ3) is 9.91. The third-order valence-corrected chi connectivity index (χ3v) is 2.06. The Morgan fingerprint density at radius 3 is 2.45 bits per heavy atom. The summed E-state index contributed by atoms with van der Waals surface area (Å²) < 4.78 is 20.8. The molecule has 0 spiro atoms. The van der Waals surface area contributed by atoms with Gasteiger partial charge in [0, 0.05) is 0 Å². The summed E-state index contributed by atoms with van der Waals surface area (Å²) in [4.78, 5) is 0. The average Bonchev–Trinajstić information content (AvgIpc) is 1.85. The number of hydrogen-bond donors (Lipinski definition) is 1. The summed E-state index contributed by atoms with van der Waals surface area (Å²) in [5.74, 6) is 0.0106. The van der Waals surface area contributed by atoms with Gasteiger partial charge in [-0.2, -0.15) is 0 Å². The molecule has 67 valence electrons. The van der Waals surface area contributed by atoms with Crippen LogP contribution in [0.25, 0.3) is 0 Å². The van der Waals surface area contributed by atoms with Crippen LogP contribution in [0.4, 0.5) is 0 Å². The number of nitrogens with two attached hydrogens (primary N) is 1. The lowest BCUT2D eigenvalue weighted by atomic mass is 10.2. The topological polar surface area (TPSA) is 60.2 Å². The lowest BCUT2D eigenvalue weighted by Gasteiger charge is -1.97. The number of hydrogen-bond acceptors (Lipinski definition) is 2. The highest BCUT2D eigenvalue weighted by Gasteiger charge is 2.00. The first-order valence-electron chi connectivity index (χ1n) is 3.88. The Labute approximate surface area is 69.0 Å². The van der Waals surface area contributed by atoms with Crippen LogP contribution >= 0.6 is 0 Å². The first-order chi connectivity index (χ1) is 5.06. The Morgan fingerprint density at radius 1 is 1.36 bits per heavy atom. The Bertz CT molecular complexity index is 175. The van der Waals surface area contributed by atoms with Crippen LogP contribution in [0, 0.1) is 6.42 Å². The van der Waals surface area contributed by atoms with Crippen molar-refractivity contribution in [3.8, 4) is 0 Å². The molecule has 0 atom stereocenters. The SMILES string of the molecule is CCCCC[CH]CS(N)(=O)=O. The van der Waals surface area contributed by atoms with Crippen molar-refractivity contribution in [2.45, 2.75) is 32.6 Å². The van der Waals surface area contributed by atoms with Crippen LogP contribution in [0.3, 0.4) is 0 Å². The zero-order chi connectivity index (χ0) is 8.74. The van der Waals surface area contributed by atoms with Crippen molar-refractivity contribution in [1.82, 2.24) is 0 Å². The van der Waals surface area contributed by atoms with Crippen LogP contribution in [0.5, 0.6) is 0 Å². The maximum Gasteiger partial charge on any atom is 0.209 e. The predicted molar refractivity (Wildman–Crippen MR) is 46.4 cm³/mol. The van der Waals surface area contributed by atoms with Gasteiger partial charge in [-0.3, -0.25) is 0 Å². The third-order valence-electron chi connectivity index (χ3n) is 1.36.